The summed E-state index contributed by atoms with van der Waals surface area (Å²) in [5, 5.41) is 0. The molecule has 0 bridgehead atoms. The second-order valence-electron chi connectivity index (χ2n) is 5.16. The van der Waals surface area contributed by atoms with Crippen molar-refractivity contribution in [2.24, 2.45) is 0 Å². The first-order valence-corrected chi connectivity index (χ1v) is 8.48. The molecule has 7 heteroatoms. The lowest BCUT2D eigenvalue weighted by atomic mass is 10.1. The van der Waals surface area contributed by atoms with Gasteiger partial charge in [0.15, 0.2) is 18.1 Å². The Balaban J connectivity index is 2.93. The van der Waals surface area contributed by atoms with E-state index in [1.54, 1.807) is 18.7 Å². The standard InChI is InChI=1S/C18H26FNO5/c1-5-20(6-2)17(21)12-25-16-11-14(19)13(9-15(16)23-7-3)10-18(22)24-8-4/h9,11H,5-8,10,12H2,1-4H3. The topological polar surface area (TPSA) is 65.1 Å². The highest BCUT2D eigenvalue weighted by Crippen LogP contribution is 2.31. The maximum Gasteiger partial charge on any atom is 0.310 e. The number of amides is 1. The molecule has 0 aromatic heterocycles. The van der Waals surface area contributed by atoms with E-state index in [-0.39, 0.29) is 42.6 Å². The van der Waals surface area contributed by atoms with Gasteiger partial charge in [-0.1, -0.05) is 0 Å². The van der Waals surface area contributed by atoms with E-state index < -0.39 is 11.8 Å². The fourth-order valence-corrected chi connectivity index (χ4v) is 2.27. The lowest BCUT2D eigenvalue weighted by Gasteiger charge is -2.19. The molecule has 25 heavy (non-hydrogen) atoms. The highest BCUT2D eigenvalue weighted by molar-refractivity contribution is 5.78. The van der Waals surface area contributed by atoms with Gasteiger partial charge in [0.25, 0.3) is 5.91 Å². The summed E-state index contributed by atoms with van der Waals surface area (Å²) in [4.78, 5) is 25.2. The molecule has 1 aromatic carbocycles. The van der Waals surface area contributed by atoms with Gasteiger partial charge in [-0.05, 0) is 33.8 Å². The first-order chi connectivity index (χ1) is 12.0. The number of likely N-dealkylation sites (N-methyl/N-ethyl adjacent to an activating group) is 1. The van der Waals surface area contributed by atoms with Crippen molar-refractivity contribution in [3.8, 4) is 11.5 Å². The van der Waals surface area contributed by atoms with Crippen LogP contribution in [-0.2, 0) is 20.7 Å². The van der Waals surface area contributed by atoms with E-state index in [2.05, 4.69) is 0 Å². The molecule has 0 aliphatic carbocycles. The largest absolute Gasteiger partial charge is 0.490 e. The summed E-state index contributed by atoms with van der Waals surface area (Å²) >= 11 is 0. The number of carbonyl (C=O) groups excluding carboxylic acids is 2. The minimum Gasteiger partial charge on any atom is -0.490 e. The number of esters is 1. The molecule has 0 fully saturated rings. The Hall–Kier alpha value is -2.31. The summed E-state index contributed by atoms with van der Waals surface area (Å²) in [5.74, 6) is -0.900. The Morgan fingerprint density at radius 2 is 1.64 bits per heavy atom. The molecule has 0 saturated heterocycles. The summed E-state index contributed by atoms with van der Waals surface area (Å²) in [6, 6.07) is 2.54. The van der Waals surface area contributed by atoms with Crippen LogP contribution in [0.3, 0.4) is 0 Å². The molecule has 1 aromatic rings. The molecule has 1 rings (SSSR count). The van der Waals surface area contributed by atoms with Gasteiger partial charge < -0.3 is 19.1 Å². The van der Waals surface area contributed by atoms with Crippen molar-refractivity contribution in [1.29, 1.82) is 0 Å². The van der Waals surface area contributed by atoms with Crippen LogP contribution in [-0.4, -0.2) is 49.7 Å². The fraction of sp³-hybridized carbons (Fsp3) is 0.556. The van der Waals surface area contributed by atoms with Crippen molar-refractivity contribution in [3.05, 3.63) is 23.5 Å². The van der Waals surface area contributed by atoms with Crippen LogP contribution in [0.15, 0.2) is 12.1 Å². The molecular weight excluding hydrogens is 329 g/mol. The Labute approximate surface area is 147 Å². The zero-order valence-corrected chi connectivity index (χ0v) is 15.3. The Bertz CT molecular complexity index is 587. The van der Waals surface area contributed by atoms with E-state index in [4.69, 9.17) is 14.2 Å². The molecule has 0 aliphatic heterocycles. The molecule has 6 nitrogen and oxygen atoms in total. The van der Waals surface area contributed by atoms with Gasteiger partial charge >= 0.3 is 5.97 Å². The van der Waals surface area contributed by atoms with E-state index in [1.165, 1.54) is 6.07 Å². The minimum atomic E-state index is -0.609. The molecule has 1 amide bonds. The number of nitrogens with zero attached hydrogens (tertiary/aromatic N) is 1. The second-order valence-corrected chi connectivity index (χ2v) is 5.16. The number of benzene rings is 1. The first-order valence-electron chi connectivity index (χ1n) is 8.48. The van der Waals surface area contributed by atoms with Crippen LogP contribution < -0.4 is 9.47 Å². The first kappa shape index (κ1) is 20.7. The van der Waals surface area contributed by atoms with Crippen LogP contribution in [0.2, 0.25) is 0 Å². The van der Waals surface area contributed by atoms with Gasteiger partial charge in [-0.25, -0.2) is 4.39 Å². The summed E-state index contributed by atoms with van der Waals surface area (Å²) in [5.41, 5.74) is 0.157. The van der Waals surface area contributed by atoms with Gasteiger partial charge in [0.2, 0.25) is 0 Å². The highest BCUT2D eigenvalue weighted by atomic mass is 19.1. The van der Waals surface area contributed by atoms with Crippen molar-refractivity contribution < 1.29 is 28.2 Å². The number of rotatable bonds is 10. The lowest BCUT2D eigenvalue weighted by molar-refractivity contribution is -0.142. The quantitative estimate of drug-likeness (QED) is 0.604. The van der Waals surface area contributed by atoms with Crippen molar-refractivity contribution in [2.75, 3.05) is 32.9 Å². The minimum absolute atomic E-state index is 0.132. The van der Waals surface area contributed by atoms with Crippen molar-refractivity contribution >= 4 is 11.9 Å². The second kappa shape index (κ2) is 10.5. The van der Waals surface area contributed by atoms with Crippen LogP contribution in [0.25, 0.3) is 0 Å². The van der Waals surface area contributed by atoms with Crippen LogP contribution in [0.5, 0.6) is 11.5 Å². The van der Waals surface area contributed by atoms with Crippen molar-refractivity contribution in [3.63, 3.8) is 0 Å². The van der Waals surface area contributed by atoms with E-state index in [0.717, 1.165) is 6.07 Å². The van der Waals surface area contributed by atoms with Gasteiger partial charge in [0.1, 0.15) is 5.82 Å². The maximum atomic E-state index is 14.2. The summed E-state index contributed by atoms with van der Waals surface area (Å²) in [7, 11) is 0. The summed E-state index contributed by atoms with van der Waals surface area (Å²) in [6.07, 6.45) is -0.196. The molecule has 0 spiro atoms. The normalized spacial score (nSPS) is 10.3. The van der Waals surface area contributed by atoms with Crippen LogP contribution in [0.1, 0.15) is 33.3 Å². The molecule has 0 N–H and O–H groups in total. The molecule has 0 radical (unpaired) electrons. The number of hydrogen-bond donors (Lipinski definition) is 0. The third-order valence-corrected chi connectivity index (χ3v) is 3.52. The summed E-state index contributed by atoms with van der Waals surface area (Å²) in [6.45, 7) is 8.71. The Morgan fingerprint density at radius 3 is 2.20 bits per heavy atom. The van der Waals surface area contributed by atoms with E-state index >= 15 is 0 Å². The highest BCUT2D eigenvalue weighted by Gasteiger charge is 2.17. The predicted octanol–water partition coefficient (Wildman–Crippen LogP) is 2.58. The number of hydrogen-bond acceptors (Lipinski definition) is 5. The van der Waals surface area contributed by atoms with E-state index in [1.807, 2.05) is 13.8 Å². The molecule has 140 valence electrons. The van der Waals surface area contributed by atoms with Gasteiger partial charge in [-0.3, -0.25) is 9.59 Å². The van der Waals surface area contributed by atoms with Crippen LogP contribution in [0.4, 0.5) is 4.39 Å². The average Bonchev–Trinajstić information content (AvgIpc) is 2.57. The van der Waals surface area contributed by atoms with Crippen molar-refractivity contribution in [2.45, 2.75) is 34.1 Å². The monoisotopic (exact) mass is 355 g/mol. The smallest absolute Gasteiger partial charge is 0.310 e. The maximum absolute atomic E-state index is 14.2. The molecule has 0 unspecified atom stereocenters. The SMILES string of the molecule is CCOC(=O)Cc1cc(OCC)c(OCC(=O)N(CC)CC)cc1F. The predicted molar refractivity (Wildman–Crippen MR) is 91.3 cm³/mol. The summed E-state index contributed by atoms with van der Waals surface area (Å²) < 4.78 is 30.0. The van der Waals surface area contributed by atoms with E-state index in [9.17, 15) is 14.0 Å². The Kier molecular flexibility index (Phi) is 8.74. The van der Waals surface area contributed by atoms with Gasteiger partial charge in [0.05, 0.1) is 19.6 Å². The molecule has 0 heterocycles. The molecule has 0 aliphatic rings. The fourth-order valence-electron chi connectivity index (χ4n) is 2.27. The van der Waals surface area contributed by atoms with E-state index in [0.29, 0.717) is 19.7 Å². The number of carbonyl (C=O) groups is 2. The zero-order chi connectivity index (χ0) is 18.8. The van der Waals surface area contributed by atoms with Crippen LogP contribution >= 0.6 is 0 Å². The van der Waals surface area contributed by atoms with Crippen molar-refractivity contribution in [1.82, 2.24) is 4.90 Å². The average molecular weight is 355 g/mol. The third-order valence-electron chi connectivity index (χ3n) is 3.52. The lowest BCUT2D eigenvalue weighted by Crippen LogP contribution is -2.34. The van der Waals surface area contributed by atoms with Crippen LogP contribution in [0, 0.1) is 5.82 Å². The van der Waals surface area contributed by atoms with Gasteiger partial charge in [-0.15, -0.1) is 0 Å². The number of halogens is 1. The van der Waals surface area contributed by atoms with Gasteiger partial charge in [0, 0.05) is 24.7 Å². The van der Waals surface area contributed by atoms with Gasteiger partial charge in [-0.2, -0.15) is 0 Å². The Morgan fingerprint density at radius 1 is 1.00 bits per heavy atom. The zero-order valence-electron chi connectivity index (χ0n) is 15.3. The molecular formula is C18H26FNO5. The number of ether oxygens (including phenoxy) is 3. The third kappa shape index (κ3) is 6.25. The molecule has 0 atom stereocenters. The molecule has 0 saturated carbocycles.